The molecule has 3 N–H and O–H groups in total. The maximum absolute atomic E-state index is 6.04. The Bertz CT molecular complexity index is 702. The lowest BCUT2D eigenvalue weighted by molar-refractivity contribution is 0.184. The van der Waals surface area contributed by atoms with Crippen LogP contribution in [0.4, 0.5) is 5.69 Å². The fourth-order valence-electron chi connectivity index (χ4n) is 2.85. The Labute approximate surface area is 163 Å². The molecule has 1 aromatic heterocycles. The van der Waals surface area contributed by atoms with Gasteiger partial charge in [0, 0.05) is 18.2 Å². The number of ether oxygens (including phenoxy) is 1. The Morgan fingerprint density at radius 2 is 2.21 bits per heavy atom. The zero-order valence-electron chi connectivity index (χ0n) is 13.7. The summed E-state index contributed by atoms with van der Waals surface area (Å²) in [7, 11) is 1.67. The van der Waals surface area contributed by atoms with Crippen LogP contribution in [0.3, 0.4) is 0 Å². The zero-order valence-corrected chi connectivity index (χ0v) is 16.9. The Balaban J connectivity index is 0.00000208. The molecule has 1 aromatic carbocycles. The van der Waals surface area contributed by atoms with Crippen molar-refractivity contribution < 1.29 is 4.74 Å². The highest BCUT2D eigenvalue weighted by molar-refractivity contribution is 14.0. The summed E-state index contributed by atoms with van der Waals surface area (Å²) in [6.07, 6.45) is 4.78. The number of fused-ring (bicyclic) bond motifs is 1. The number of nitrogens with two attached hydrogens (primary N) is 1. The van der Waals surface area contributed by atoms with Crippen LogP contribution >= 0.6 is 35.3 Å². The molecule has 2 aromatic rings. The number of anilines is 1. The van der Waals surface area contributed by atoms with Crippen LogP contribution in [-0.4, -0.2) is 18.1 Å². The van der Waals surface area contributed by atoms with Crippen molar-refractivity contribution in [2.45, 2.75) is 38.8 Å². The molecule has 130 valence electrons. The summed E-state index contributed by atoms with van der Waals surface area (Å²) in [6, 6.07) is 6.36. The summed E-state index contributed by atoms with van der Waals surface area (Å²) < 4.78 is 5.07. The van der Waals surface area contributed by atoms with Crippen molar-refractivity contribution in [3.05, 3.63) is 45.4 Å². The molecular weight excluding hydrogens is 435 g/mol. The molecule has 0 spiro atoms. The fourth-order valence-corrected chi connectivity index (χ4v) is 3.61. The summed E-state index contributed by atoms with van der Waals surface area (Å²) >= 11 is 1.58. The van der Waals surface area contributed by atoms with Crippen molar-refractivity contribution in [2.75, 3.05) is 12.4 Å². The number of methoxy groups -OCH3 is 1. The van der Waals surface area contributed by atoms with E-state index in [4.69, 9.17) is 10.5 Å². The first-order chi connectivity index (χ1) is 11.3. The average Bonchev–Trinajstić information content (AvgIpc) is 3.01. The molecule has 3 rings (SSSR count). The van der Waals surface area contributed by atoms with E-state index in [1.54, 1.807) is 18.4 Å². The average molecular weight is 458 g/mol. The second-order valence-electron chi connectivity index (χ2n) is 5.64. The minimum absolute atomic E-state index is 0. The topological polar surface area (TPSA) is 72.5 Å². The van der Waals surface area contributed by atoms with E-state index >= 15 is 0 Å². The number of thiazole rings is 1. The van der Waals surface area contributed by atoms with Crippen LogP contribution in [0.2, 0.25) is 0 Å². The molecule has 0 saturated heterocycles. The lowest BCUT2D eigenvalue weighted by Crippen LogP contribution is -2.24. The minimum atomic E-state index is 0. The van der Waals surface area contributed by atoms with Crippen molar-refractivity contribution in [3.8, 4) is 0 Å². The van der Waals surface area contributed by atoms with E-state index in [0.29, 0.717) is 19.1 Å². The maximum Gasteiger partial charge on any atom is 0.193 e. The summed E-state index contributed by atoms with van der Waals surface area (Å²) in [5.41, 5.74) is 10.9. The van der Waals surface area contributed by atoms with E-state index < -0.39 is 0 Å². The van der Waals surface area contributed by atoms with Gasteiger partial charge in [0.05, 0.1) is 18.8 Å². The van der Waals surface area contributed by atoms with Crippen LogP contribution in [0.1, 0.15) is 34.7 Å². The van der Waals surface area contributed by atoms with Gasteiger partial charge in [0.2, 0.25) is 0 Å². The second-order valence-corrected chi connectivity index (χ2v) is 6.59. The van der Waals surface area contributed by atoms with E-state index in [2.05, 4.69) is 33.5 Å². The molecule has 1 aliphatic carbocycles. The Morgan fingerprint density at radius 3 is 3.04 bits per heavy atom. The molecule has 5 nitrogen and oxygen atoms in total. The highest BCUT2D eigenvalue weighted by Crippen LogP contribution is 2.27. The van der Waals surface area contributed by atoms with Crippen LogP contribution < -0.4 is 11.1 Å². The number of aliphatic imine (C=N–C) groups is 1. The summed E-state index contributed by atoms with van der Waals surface area (Å²) in [5, 5.41) is 6.21. The van der Waals surface area contributed by atoms with Crippen LogP contribution in [0, 0.1) is 0 Å². The smallest absolute Gasteiger partial charge is 0.193 e. The highest BCUT2D eigenvalue weighted by atomic mass is 127. The van der Waals surface area contributed by atoms with Crippen molar-refractivity contribution in [3.63, 3.8) is 0 Å². The molecule has 0 radical (unpaired) electrons. The van der Waals surface area contributed by atoms with Crippen molar-refractivity contribution >= 4 is 47.0 Å². The number of hydrogen-bond acceptors (Lipinski definition) is 4. The molecule has 0 bridgehead atoms. The lowest BCUT2D eigenvalue weighted by atomic mass is 9.90. The molecule has 24 heavy (non-hydrogen) atoms. The SMILES string of the molecule is COCc1nc(CN=C(N)Nc2cccc3c2CCCC3)cs1.I. The predicted molar refractivity (Wildman–Crippen MR) is 110 cm³/mol. The normalized spacial score (nSPS) is 14.0. The van der Waals surface area contributed by atoms with Gasteiger partial charge in [-0.2, -0.15) is 0 Å². The van der Waals surface area contributed by atoms with Gasteiger partial charge in [0.15, 0.2) is 5.96 Å². The van der Waals surface area contributed by atoms with Crippen molar-refractivity contribution in [1.29, 1.82) is 0 Å². The predicted octanol–water partition coefficient (Wildman–Crippen LogP) is 3.71. The number of halogens is 1. The van der Waals surface area contributed by atoms with Crippen molar-refractivity contribution in [1.82, 2.24) is 4.98 Å². The van der Waals surface area contributed by atoms with Gasteiger partial charge in [0.25, 0.3) is 0 Å². The second kappa shape index (κ2) is 9.33. The molecule has 0 fully saturated rings. The number of aromatic nitrogens is 1. The van der Waals surface area contributed by atoms with Gasteiger partial charge in [-0.15, -0.1) is 35.3 Å². The summed E-state index contributed by atoms with van der Waals surface area (Å²) in [5.74, 6) is 0.435. The number of aryl methyl sites for hydroxylation is 1. The number of guanidine groups is 1. The number of nitrogens with one attached hydrogen (secondary N) is 1. The summed E-state index contributed by atoms with van der Waals surface area (Å²) in [4.78, 5) is 8.85. The van der Waals surface area contributed by atoms with Crippen molar-refractivity contribution in [2.24, 2.45) is 10.7 Å². The molecular formula is C17H23IN4OS. The molecule has 0 aliphatic heterocycles. The van der Waals surface area contributed by atoms with Gasteiger partial charge >= 0.3 is 0 Å². The third-order valence-electron chi connectivity index (χ3n) is 3.94. The standard InChI is InChI=1S/C17H22N4OS.HI/c1-22-10-16-20-13(11-23-16)9-19-17(18)21-15-8-4-6-12-5-2-3-7-14(12)15;/h4,6,8,11H,2-3,5,7,9-10H2,1H3,(H3,18,19,21);1H. The summed E-state index contributed by atoms with van der Waals surface area (Å²) in [6.45, 7) is 1.02. The molecule has 0 saturated carbocycles. The molecule has 0 amide bonds. The molecule has 0 unspecified atom stereocenters. The number of rotatable bonds is 5. The minimum Gasteiger partial charge on any atom is -0.378 e. The third-order valence-corrected chi connectivity index (χ3v) is 4.81. The van der Waals surface area contributed by atoms with Crippen LogP contribution in [0.15, 0.2) is 28.6 Å². The largest absolute Gasteiger partial charge is 0.378 e. The van der Waals surface area contributed by atoms with Gasteiger partial charge in [-0.1, -0.05) is 12.1 Å². The first-order valence-electron chi connectivity index (χ1n) is 7.86. The van der Waals surface area contributed by atoms with E-state index in [-0.39, 0.29) is 24.0 Å². The Morgan fingerprint density at radius 1 is 1.38 bits per heavy atom. The molecule has 7 heteroatoms. The first-order valence-corrected chi connectivity index (χ1v) is 8.74. The quantitative estimate of drug-likeness (QED) is 0.407. The number of hydrogen-bond donors (Lipinski definition) is 2. The highest BCUT2D eigenvalue weighted by Gasteiger charge is 2.13. The van der Waals surface area contributed by atoms with E-state index in [0.717, 1.165) is 29.2 Å². The van der Waals surface area contributed by atoms with Crippen LogP contribution in [0.25, 0.3) is 0 Å². The monoisotopic (exact) mass is 458 g/mol. The third kappa shape index (κ3) is 4.90. The van der Waals surface area contributed by atoms with Gasteiger partial charge < -0.3 is 15.8 Å². The number of nitrogens with zero attached hydrogens (tertiary/aromatic N) is 2. The molecule has 1 heterocycles. The fraction of sp³-hybridized carbons (Fsp3) is 0.412. The molecule has 0 atom stereocenters. The van der Waals surface area contributed by atoms with Gasteiger partial charge in [-0.05, 0) is 42.9 Å². The van der Waals surface area contributed by atoms with Gasteiger partial charge in [-0.25, -0.2) is 9.98 Å². The zero-order chi connectivity index (χ0) is 16.1. The number of benzene rings is 1. The Kier molecular flexibility index (Phi) is 7.44. The van der Waals surface area contributed by atoms with Crippen LogP contribution in [0.5, 0.6) is 0 Å². The van der Waals surface area contributed by atoms with Gasteiger partial charge in [-0.3, -0.25) is 0 Å². The van der Waals surface area contributed by atoms with Crippen LogP contribution in [-0.2, 0) is 30.7 Å². The maximum atomic E-state index is 6.04. The van der Waals surface area contributed by atoms with E-state index in [1.165, 1.54) is 24.0 Å². The van der Waals surface area contributed by atoms with Gasteiger partial charge in [0.1, 0.15) is 5.01 Å². The first kappa shape index (κ1) is 19.1. The van der Waals surface area contributed by atoms with E-state index in [1.807, 2.05) is 5.38 Å². The molecule has 1 aliphatic rings. The Hall–Kier alpha value is -1.19. The van der Waals surface area contributed by atoms with E-state index in [9.17, 15) is 0 Å². The lowest BCUT2D eigenvalue weighted by Gasteiger charge is -2.19.